The molecule has 1 amide bonds. The number of carbonyl (C=O) groups is 1. The fraction of sp³-hybridized carbons (Fsp3) is 0.125. The summed E-state index contributed by atoms with van der Waals surface area (Å²) in [5.74, 6) is -1.92. The van der Waals surface area contributed by atoms with Gasteiger partial charge < -0.3 is 10.2 Å². The minimum atomic E-state index is -3.68. The highest BCUT2D eigenvalue weighted by atomic mass is 32.2. The summed E-state index contributed by atoms with van der Waals surface area (Å²) < 4.78 is 23.1. The fourth-order valence-electron chi connectivity index (χ4n) is 0.942. The van der Waals surface area contributed by atoms with Gasteiger partial charge in [0.05, 0.1) is 6.26 Å². The van der Waals surface area contributed by atoms with Gasteiger partial charge in [-0.05, 0) is 12.1 Å². The molecule has 82 valence electrons. The Balaban J connectivity index is 3.02. The molecule has 15 heavy (non-hydrogen) atoms. The second-order valence-electron chi connectivity index (χ2n) is 2.92. The number of hydrogen-bond acceptors (Lipinski definition) is 5. The second kappa shape index (κ2) is 3.77. The lowest BCUT2D eigenvalue weighted by molar-refractivity contribution is -0.268. The Labute approximate surface area is 86.2 Å². The van der Waals surface area contributed by atoms with Gasteiger partial charge in [0.1, 0.15) is 5.75 Å². The van der Waals surface area contributed by atoms with Gasteiger partial charge in [-0.15, -0.1) is 5.75 Å². The molecule has 1 rings (SSSR count). The molecular weight excluding hydrogens is 222 g/mol. The standard InChI is InChI=1S/C8H9NO5S/c1-15(13,14)9-8(12)5-2-6(10)4-7(11)3-5/h2-4,10-11H,1H3,(H,9,12)/p-1. The molecule has 2 N–H and O–H groups in total. The maximum atomic E-state index is 11.2. The van der Waals surface area contributed by atoms with Gasteiger partial charge >= 0.3 is 0 Å². The molecule has 0 bridgehead atoms. The van der Waals surface area contributed by atoms with Crippen molar-refractivity contribution in [3.63, 3.8) is 0 Å². The van der Waals surface area contributed by atoms with Gasteiger partial charge in [0.25, 0.3) is 5.91 Å². The highest BCUT2D eigenvalue weighted by Gasteiger charge is 2.11. The first-order valence-electron chi connectivity index (χ1n) is 3.81. The number of hydrogen-bond donors (Lipinski definition) is 2. The molecule has 1 aromatic carbocycles. The van der Waals surface area contributed by atoms with Crippen LogP contribution in [0.15, 0.2) is 18.2 Å². The quantitative estimate of drug-likeness (QED) is 0.688. The first-order valence-corrected chi connectivity index (χ1v) is 5.70. The molecule has 6 nitrogen and oxygen atoms in total. The lowest BCUT2D eigenvalue weighted by atomic mass is 10.2. The molecule has 0 spiro atoms. The summed E-state index contributed by atoms with van der Waals surface area (Å²) in [4.78, 5) is 11.2. The molecule has 0 atom stereocenters. The molecule has 0 saturated carbocycles. The topological polar surface area (TPSA) is 107 Å². The lowest BCUT2D eigenvalue weighted by Crippen LogP contribution is -2.29. The molecule has 0 aliphatic rings. The smallest absolute Gasteiger partial charge is 0.264 e. The number of rotatable bonds is 2. The van der Waals surface area contributed by atoms with Gasteiger partial charge in [0, 0.05) is 5.56 Å². The maximum absolute atomic E-state index is 11.2. The number of aromatic hydroxyl groups is 1. The number of amides is 1. The van der Waals surface area contributed by atoms with Crippen molar-refractivity contribution in [3.05, 3.63) is 23.8 Å². The van der Waals surface area contributed by atoms with E-state index in [-0.39, 0.29) is 11.3 Å². The molecule has 0 unspecified atom stereocenters. The van der Waals surface area contributed by atoms with Gasteiger partial charge in [-0.25, -0.2) is 13.1 Å². The summed E-state index contributed by atoms with van der Waals surface area (Å²) in [6.45, 7) is 0. The fourth-order valence-corrected chi connectivity index (χ4v) is 1.40. The molecule has 0 radical (unpaired) electrons. The molecule has 0 saturated heterocycles. The monoisotopic (exact) mass is 230 g/mol. The van der Waals surface area contributed by atoms with E-state index in [9.17, 15) is 18.3 Å². The summed E-state index contributed by atoms with van der Waals surface area (Å²) >= 11 is 0. The average Bonchev–Trinajstić information content (AvgIpc) is 1.98. The Morgan fingerprint density at radius 3 is 2.47 bits per heavy atom. The van der Waals surface area contributed by atoms with Crippen LogP contribution in [0.4, 0.5) is 0 Å². The zero-order chi connectivity index (χ0) is 11.6. The minimum absolute atomic E-state index is 0.203. The molecule has 1 aromatic rings. The van der Waals surface area contributed by atoms with Crippen molar-refractivity contribution >= 4 is 15.9 Å². The zero-order valence-electron chi connectivity index (χ0n) is 7.72. The third kappa shape index (κ3) is 3.47. The SMILES string of the molecule is CS(=O)(=O)NC(=O)c1cc([O-])cc(O)c1. The predicted octanol–water partition coefficient (Wildman–Crippen LogP) is -0.845. The van der Waals surface area contributed by atoms with Gasteiger partial charge in [-0.1, -0.05) is 6.07 Å². The summed E-state index contributed by atoms with van der Waals surface area (Å²) in [5, 5.41) is 19.9. The number of phenolic OH excluding ortho intramolecular Hbond substituents is 1. The largest absolute Gasteiger partial charge is 0.872 e. The molecule has 0 heterocycles. The summed E-state index contributed by atoms with van der Waals surface area (Å²) in [6.07, 6.45) is 0.811. The van der Waals surface area contributed by atoms with Crippen molar-refractivity contribution in [2.24, 2.45) is 0 Å². The average molecular weight is 230 g/mol. The molecule has 7 heteroatoms. The number of phenols is 1. The Kier molecular flexibility index (Phi) is 2.85. The third-order valence-corrected chi connectivity index (χ3v) is 1.99. The van der Waals surface area contributed by atoms with Crippen molar-refractivity contribution in [2.45, 2.75) is 0 Å². The first-order chi connectivity index (χ1) is 6.78. The van der Waals surface area contributed by atoms with E-state index in [1.165, 1.54) is 0 Å². The molecule has 0 aliphatic carbocycles. The van der Waals surface area contributed by atoms with Crippen LogP contribution in [0.5, 0.6) is 11.5 Å². The van der Waals surface area contributed by atoms with E-state index in [1.807, 2.05) is 0 Å². The number of sulfonamides is 1. The van der Waals surface area contributed by atoms with Crippen LogP contribution in [0, 0.1) is 0 Å². The zero-order valence-corrected chi connectivity index (χ0v) is 8.54. The van der Waals surface area contributed by atoms with Gasteiger partial charge in [0.2, 0.25) is 10.0 Å². The van der Waals surface area contributed by atoms with Crippen LogP contribution in [-0.2, 0) is 10.0 Å². The molecule has 0 aliphatic heterocycles. The Bertz CT molecular complexity index is 474. The number of carbonyl (C=O) groups excluding carboxylic acids is 1. The number of benzene rings is 1. The van der Waals surface area contributed by atoms with Crippen LogP contribution in [0.25, 0.3) is 0 Å². The van der Waals surface area contributed by atoms with Gasteiger partial charge in [0.15, 0.2) is 0 Å². The minimum Gasteiger partial charge on any atom is -0.872 e. The van der Waals surface area contributed by atoms with Crippen LogP contribution >= 0.6 is 0 Å². The van der Waals surface area contributed by atoms with Crippen molar-refractivity contribution in [1.82, 2.24) is 4.72 Å². The molecular formula is C8H8NO5S-. The molecule has 0 aromatic heterocycles. The highest BCUT2D eigenvalue weighted by molar-refractivity contribution is 7.89. The van der Waals surface area contributed by atoms with Gasteiger partial charge in [-0.2, -0.15) is 0 Å². The van der Waals surface area contributed by atoms with E-state index >= 15 is 0 Å². The molecule has 0 fully saturated rings. The Morgan fingerprint density at radius 1 is 1.40 bits per heavy atom. The Hall–Kier alpha value is -1.76. The second-order valence-corrected chi connectivity index (χ2v) is 4.67. The van der Waals surface area contributed by atoms with Crippen molar-refractivity contribution in [1.29, 1.82) is 0 Å². The van der Waals surface area contributed by atoms with E-state index in [4.69, 9.17) is 5.11 Å². The van der Waals surface area contributed by atoms with Crippen molar-refractivity contribution in [3.8, 4) is 11.5 Å². The van der Waals surface area contributed by atoms with E-state index in [0.717, 1.165) is 24.5 Å². The van der Waals surface area contributed by atoms with Crippen LogP contribution < -0.4 is 9.83 Å². The van der Waals surface area contributed by atoms with Gasteiger partial charge in [-0.3, -0.25) is 4.79 Å². The number of nitrogens with one attached hydrogen (secondary N) is 1. The van der Waals surface area contributed by atoms with E-state index in [0.29, 0.717) is 0 Å². The summed E-state index contributed by atoms with van der Waals surface area (Å²) in [6, 6.07) is 2.85. The van der Waals surface area contributed by atoms with Crippen molar-refractivity contribution < 1.29 is 23.4 Å². The first kappa shape index (κ1) is 11.3. The highest BCUT2D eigenvalue weighted by Crippen LogP contribution is 2.18. The third-order valence-electron chi connectivity index (χ3n) is 1.43. The summed E-state index contributed by atoms with van der Waals surface area (Å²) in [7, 11) is -3.68. The van der Waals surface area contributed by atoms with Crippen molar-refractivity contribution in [2.75, 3.05) is 6.26 Å². The Morgan fingerprint density at radius 2 is 2.00 bits per heavy atom. The van der Waals surface area contributed by atoms with E-state index < -0.39 is 21.7 Å². The normalized spacial score (nSPS) is 11.0. The maximum Gasteiger partial charge on any atom is 0.264 e. The predicted molar refractivity (Wildman–Crippen MR) is 49.9 cm³/mol. The van der Waals surface area contributed by atoms with E-state index in [1.54, 1.807) is 4.72 Å². The van der Waals surface area contributed by atoms with Crippen LogP contribution in [0.1, 0.15) is 10.4 Å². The van der Waals surface area contributed by atoms with Crippen LogP contribution in [0.3, 0.4) is 0 Å². The van der Waals surface area contributed by atoms with Crippen LogP contribution in [-0.4, -0.2) is 25.7 Å². The van der Waals surface area contributed by atoms with Crippen LogP contribution in [0.2, 0.25) is 0 Å². The lowest BCUT2D eigenvalue weighted by Gasteiger charge is -2.08. The summed E-state index contributed by atoms with van der Waals surface area (Å²) in [5.41, 5.74) is -0.203. The van der Waals surface area contributed by atoms with E-state index in [2.05, 4.69) is 0 Å².